The molecule has 1 heterocycles. The van der Waals surface area contributed by atoms with Crippen LogP contribution >= 0.6 is 0 Å². The van der Waals surface area contributed by atoms with Gasteiger partial charge in [0, 0.05) is 16.8 Å². The Morgan fingerprint density at radius 1 is 1.25 bits per heavy atom. The summed E-state index contributed by atoms with van der Waals surface area (Å²) < 4.78 is 0. The molecule has 0 aromatic heterocycles. The Hall–Kier alpha value is -1.90. The zero-order chi connectivity index (χ0) is 11.3. The SMILES string of the molecule is CC1(C)N=C2C=CC(=O)c3cccc(c32)N1. The van der Waals surface area contributed by atoms with E-state index in [9.17, 15) is 4.79 Å². The molecule has 0 unspecified atom stereocenters. The normalized spacial score (nSPS) is 19.9. The Kier molecular flexibility index (Phi) is 1.64. The number of benzene rings is 1. The van der Waals surface area contributed by atoms with Gasteiger partial charge >= 0.3 is 0 Å². The van der Waals surface area contributed by atoms with Gasteiger partial charge in [-0.3, -0.25) is 9.79 Å². The minimum atomic E-state index is -0.314. The standard InChI is InChI=1S/C13H12N2O/c1-13(2)14-9-5-3-4-8-11(16)7-6-10(15-13)12(8)9/h3-7,14H,1-2H3. The quantitative estimate of drug-likeness (QED) is 0.717. The van der Waals surface area contributed by atoms with Crippen LogP contribution in [-0.4, -0.2) is 17.2 Å². The minimum absolute atomic E-state index is 0.0531. The molecule has 0 amide bonds. The first kappa shape index (κ1) is 9.33. The van der Waals surface area contributed by atoms with Gasteiger partial charge < -0.3 is 5.32 Å². The van der Waals surface area contributed by atoms with Crippen LogP contribution in [0.2, 0.25) is 0 Å². The van der Waals surface area contributed by atoms with E-state index < -0.39 is 0 Å². The zero-order valence-electron chi connectivity index (χ0n) is 9.24. The Labute approximate surface area is 93.9 Å². The first-order valence-electron chi connectivity index (χ1n) is 5.31. The van der Waals surface area contributed by atoms with Gasteiger partial charge in [0.1, 0.15) is 5.66 Å². The van der Waals surface area contributed by atoms with Gasteiger partial charge in [0.25, 0.3) is 0 Å². The lowest BCUT2D eigenvalue weighted by Crippen LogP contribution is -2.35. The van der Waals surface area contributed by atoms with Gasteiger partial charge in [0.2, 0.25) is 0 Å². The molecule has 0 fully saturated rings. The third-order valence-corrected chi connectivity index (χ3v) is 2.82. The molecule has 3 heteroatoms. The predicted octanol–water partition coefficient (Wildman–Crippen LogP) is 2.39. The summed E-state index contributed by atoms with van der Waals surface area (Å²) in [6.07, 6.45) is 3.39. The van der Waals surface area contributed by atoms with Crippen molar-refractivity contribution in [1.29, 1.82) is 0 Å². The second-order valence-corrected chi connectivity index (χ2v) is 4.61. The Balaban J connectivity index is 2.33. The van der Waals surface area contributed by atoms with Crippen LogP contribution in [0.1, 0.15) is 29.8 Å². The number of allylic oxidation sites excluding steroid dienone is 2. The molecular formula is C13H12N2O. The van der Waals surface area contributed by atoms with Crippen molar-refractivity contribution in [3.63, 3.8) is 0 Å². The van der Waals surface area contributed by atoms with Crippen molar-refractivity contribution in [2.45, 2.75) is 19.5 Å². The highest BCUT2D eigenvalue weighted by molar-refractivity contribution is 6.26. The summed E-state index contributed by atoms with van der Waals surface area (Å²) in [6, 6.07) is 5.74. The smallest absolute Gasteiger partial charge is 0.186 e. The summed E-state index contributed by atoms with van der Waals surface area (Å²) in [5.41, 5.74) is 3.25. The van der Waals surface area contributed by atoms with E-state index in [1.54, 1.807) is 12.2 Å². The highest BCUT2D eigenvalue weighted by Crippen LogP contribution is 2.32. The molecule has 1 N–H and O–H groups in total. The van der Waals surface area contributed by atoms with Gasteiger partial charge in [-0.05, 0) is 32.1 Å². The molecule has 1 aliphatic carbocycles. The molecule has 3 nitrogen and oxygen atoms in total. The summed E-state index contributed by atoms with van der Waals surface area (Å²) in [4.78, 5) is 16.3. The zero-order valence-corrected chi connectivity index (χ0v) is 9.24. The van der Waals surface area contributed by atoms with Crippen LogP contribution in [0.3, 0.4) is 0 Å². The molecule has 16 heavy (non-hydrogen) atoms. The van der Waals surface area contributed by atoms with Crippen molar-refractivity contribution in [3.8, 4) is 0 Å². The Morgan fingerprint density at radius 2 is 2.06 bits per heavy atom. The van der Waals surface area contributed by atoms with E-state index >= 15 is 0 Å². The first-order valence-corrected chi connectivity index (χ1v) is 5.31. The van der Waals surface area contributed by atoms with Gasteiger partial charge in [-0.1, -0.05) is 12.1 Å². The molecule has 0 atom stereocenters. The second-order valence-electron chi connectivity index (χ2n) is 4.61. The Morgan fingerprint density at radius 3 is 2.88 bits per heavy atom. The molecule has 1 aliphatic heterocycles. The van der Waals surface area contributed by atoms with E-state index in [2.05, 4.69) is 10.3 Å². The maximum Gasteiger partial charge on any atom is 0.186 e. The fourth-order valence-electron chi connectivity index (χ4n) is 2.22. The van der Waals surface area contributed by atoms with Gasteiger partial charge in [0.15, 0.2) is 5.78 Å². The molecule has 1 aromatic rings. The van der Waals surface area contributed by atoms with Gasteiger partial charge in [-0.15, -0.1) is 0 Å². The van der Waals surface area contributed by atoms with Gasteiger partial charge in [-0.25, -0.2) is 0 Å². The number of nitrogens with zero attached hydrogens (tertiary/aromatic N) is 1. The van der Waals surface area contributed by atoms with Crippen LogP contribution in [-0.2, 0) is 0 Å². The number of hydrogen-bond donors (Lipinski definition) is 1. The molecular weight excluding hydrogens is 200 g/mol. The summed E-state index contributed by atoms with van der Waals surface area (Å²) in [6.45, 7) is 4.03. The average molecular weight is 212 g/mol. The predicted molar refractivity (Wildman–Crippen MR) is 64.2 cm³/mol. The summed E-state index contributed by atoms with van der Waals surface area (Å²) in [5.74, 6) is 0.0531. The van der Waals surface area contributed by atoms with Crippen LogP contribution in [0.4, 0.5) is 5.69 Å². The first-order chi connectivity index (χ1) is 7.57. The number of rotatable bonds is 0. The van der Waals surface area contributed by atoms with E-state index in [0.29, 0.717) is 0 Å². The maximum atomic E-state index is 11.7. The van der Waals surface area contributed by atoms with Crippen molar-refractivity contribution >= 4 is 17.2 Å². The molecule has 3 rings (SSSR count). The van der Waals surface area contributed by atoms with Crippen molar-refractivity contribution in [1.82, 2.24) is 0 Å². The molecule has 0 saturated heterocycles. The van der Waals surface area contributed by atoms with Crippen molar-refractivity contribution in [2.24, 2.45) is 4.99 Å². The lowest BCUT2D eigenvalue weighted by molar-refractivity contribution is 0.104. The van der Waals surface area contributed by atoms with Crippen molar-refractivity contribution < 1.29 is 4.79 Å². The lowest BCUT2D eigenvalue weighted by Gasteiger charge is -2.32. The monoisotopic (exact) mass is 212 g/mol. The molecule has 1 aromatic carbocycles. The van der Waals surface area contributed by atoms with Gasteiger partial charge in [0.05, 0.1) is 5.71 Å². The lowest BCUT2D eigenvalue weighted by atomic mass is 9.90. The van der Waals surface area contributed by atoms with Crippen LogP contribution in [0.5, 0.6) is 0 Å². The van der Waals surface area contributed by atoms with E-state index in [1.165, 1.54) is 0 Å². The largest absolute Gasteiger partial charge is 0.361 e. The highest BCUT2D eigenvalue weighted by Gasteiger charge is 2.29. The summed E-state index contributed by atoms with van der Waals surface area (Å²) in [7, 11) is 0. The molecule has 0 saturated carbocycles. The fourth-order valence-corrected chi connectivity index (χ4v) is 2.22. The number of nitrogens with one attached hydrogen (secondary N) is 1. The number of anilines is 1. The number of ketones is 1. The number of hydrogen-bond acceptors (Lipinski definition) is 3. The van der Waals surface area contributed by atoms with E-state index in [-0.39, 0.29) is 11.4 Å². The molecule has 2 aliphatic rings. The summed E-state index contributed by atoms with van der Waals surface area (Å²) in [5, 5.41) is 3.32. The summed E-state index contributed by atoms with van der Waals surface area (Å²) >= 11 is 0. The van der Waals surface area contributed by atoms with Crippen molar-refractivity contribution in [2.75, 3.05) is 5.32 Å². The number of aliphatic imine (C=N–C) groups is 1. The highest BCUT2D eigenvalue weighted by atomic mass is 16.1. The van der Waals surface area contributed by atoms with E-state index in [4.69, 9.17) is 0 Å². The fraction of sp³-hybridized carbons (Fsp3) is 0.231. The van der Waals surface area contributed by atoms with Gasteiger partial charge in [-0.2, -0.15) is 0 Å². The van der Waals surface area contributed by atoms with Crippen LogP contribution in [0, 0.1) is 0 Å². The molecule has 0 bridgehead atoms. The maximum absolute atomic E-state index is 11.7. The molecule has 80 valence electrons. The Bertz CT molecular complexity index is 553. The number of carbonyl (C=O) groups excluding carboxylic acids is 1. The average Bonchev–Trinajstić information content (AvgIpc) is 2.21. The molecule has 0 radical (unpaired) electrons. The van der Waals surface area contributed by atoms with Crippen LogP contribution in [0.25, 0.3) is 0 Å². The molecule has 0 spiro atoms. The topological polar surface area (TPSA) is 41.5 Å². The second kappa shape index (κ2) is 2.82. The van der Waals surface area contributed by atoms with Crippen LogP contribution < -0.4 is 5.32 Å². The number of carbonyl (C=O) groups is 1. The van der Waals surface area contributed by atoms with Crippen LogP contribution in [0.15, 0.2) is 35.3 Å². The van der Waals surface area contributed by atoms with E-state index in [1.807, 2.05) is 32.0 Å². The third-order valence-electron chi connectivity index (χ3n) is 2.82. The van der Waals surface area contributed by atoms with Crippen molar-refractivity contribution in [3.05, 3.63) is 41.5 Å². The third kappa shape index (κ3) is 1.21. The minimum Gasteiger partial charge on any atom is -0.361 e. The van der Waals surface area contributed by atoms with E-state index in [0.717, 1.165) is 22.5 Å².